The summed E-state index contributed by atoms with van der Waals surface area (Å²) in [6.07, 6.45) is 2.42. The van der Waals surface area contributed by atoms with Crippen LogP contribution in [0.2, 0.25) is 0 Å². The first kappa shape index (κ1) is 23.0. The molecule has 2 heterocycles. The van der Waals surface area contributed by atoms with Crippen LogP contribution in [-0.4, -0.2) is 59.6 Å². The van der Waals surface area contributed by atoms with Gasteiger partial charge in [-0.25, -0.2) is 13.2 Å². The van der Waals surface area contributed by atoms with Crippen LogP contribution in [0.1, 0.15) is 47.0 Å². The highest BCUT2D eigenvalue weighted by atomic mass is 32.2. The molecule has 2 rings (SSSR count). The standard InChI is InChI=1S/C18H29N5O5S/c1-5-12(2)10-13(23-16(26)21-15(25)17(23,3)4)11-29(27,28)22-8-6-18(20,7-9-22)14(19)24/h10-11H,5-9,20H2,1-4H3,(H2,19,24)(H,21,25,26)/b12-10-,13-11+. The van der Waals surface area contributed by atoms with Gasteiger partial charge in [-0.2, -0.15) is 4.31 Å². The second kappa shape index (κ2) is 7.88. The highest BCUT2D eigenvalue weighted by Gasteiger charge is 2.47. The van der Waals surface area contributed by atoms with Crippen molar-refractivity contribution in [3.8, 4) is 0 Å². The molecule has 11 heteroatoms. The number of nitrogens with zero attached hydrogens (tertiary/aromatic N) is 2. The molecule has 4 amide bonds. The maximum atomic E-state index is 13.0. The van der Waals surface area contributed by atoms with Crippen molar-refractivity contribution in [2.24, 2.45) is 11.5 Å². The van der Waals surface area contributed by atoms with Crippen LogP contribution in [0.15, 0.2) is 22.8 Å². The predicted molar refractivity (Wildman–Crippen MR) is 107 cm³/mol. The molecule has 0 aliphatic carbocycles. The Morgan fingerprint density at radius 3 is 2.21 bits per heavy atom. The first-order valence-corrected chi connectivity index (χ1v) is 10.9. The zero-order valence-corrected chi connectivity index (χ0v) is 18.0. The van der Waals surface area contributed by atoms with Gasteiger partial charge < -0.3 is 11.5 Å². The molecule has 2 aliphatic heterocycles. The normalized spacial score (nSPS) is 23.3. The van der Waals surface area contributed by atoms with Gasteiger partial charge in [0.05, 0.1) is 16.6 Å². The lowest BCUT2D eigenvalue weighted by atomic mass is 9.89. The summed E-state index contributed by atoms with van der Waals surface area (Å²) in [6, 6.07) is -0.685. The van der Waals surface area contributed by atoms with E-state index in [0.29, 0.717) is 6.42 Å². The van der Waals surface area contributed by atoms with Gasteiger partial charge in [-0.3, -0.25) is 19.8 Å². The molecule has 0 saturated carbocycles. The van der Waals surface area contributed by atoms with Gasteiger partial charge in [0, 0.05) is 13.1 Å². The molecule has 2 saturated heterocycles. The molecule has 29 heavy (non-hydrogen) atoms. The van der Waals surface area contributed by atoms with Crippen LogP contribution in [0, 0.1) is 0 Å². The van der Waals surface area contributed by atoms with Gasteiger partial charge in [-0.1, -0.05) is 12.5 Å². The van der Waals surface area contributed by atoms with Crippen LogP contribution in [0.25, 0.3) is 0 Å². The second-order valence-corrected chi connectivity index (χ2v) is 9.79. The van der Waals surface area contributed by atoms with Gasteiger partial charge in [0.25, 0.3) is 5.91 Å². The van der Waals surface area contributed by atoms with Crippen LogP contribution < -0.4 is 16.8 Å². The maximum absolute atomic E-state index is 13.0. The maximum Gasteiger partial charge on any atom is 0.329 e. The Bertz CT molecular complexity index is 882. The predicted octanol–water partition coefficient (Wildman–Crippen LogP) is 0.123. The fraction of sp³-hybridized carbons (Fsp3) is 0.611. The molecule has 2 fully saturated rings. The minimum Gasteiger partial charge on any atom is -0.368 e. The number of amides is 4. The molecule has 0 bridgehead atoms. The molecule has 162 valence electrons. The van der Waals surface area contributed by atoms with E-state index >= 15 is 0 Å². The molecule has 0 aromatic rings. The number of nitrogens with two attached hydrogens (primary N) is 2. The van der Waals surface area contributed by atoms with E-state index in [2.05, 4.69) is 5.32 Å². The van der Waals surface area contributed by atoms with E-state index in [9.17, 15) is 22.8 Å². The summed E-state index contributed by atoms with van der Waals surface area (Å²) < 4.78 is 27.2. The molecule has 0 radical (unpaired) electrons. The molecule has 0 unspecified atom stereocenters. The summed E-state index contributed by atoms with van der Waals surface area (Å²) in [5, 5.41) is 3.21. The quantitative estimate of drug-likeness (QED) is 0.404. The average molecular weight is 428 g/mol. The van der Waals surface area contributed by atoms with Gasteiger partial charge >= 0.3 is 6.03 Å². The van der Waals surface area contributed by atoms with Crippen LogP contribution in [0.4, 0.5) is 4.79 Å². The van der Waals surface area contributed by atoms with Crippen LogP contribution in [-0.2, 0) is 19.6 Å². The van der Waals surface area contributed by atoms with Gasteiger partial charge in [0.1, 0.15) is 5.54 Å². The molecule has 0 aromatic carbocycles. The molecule has 2 aliphatic rings. The van der Waals surface area contributed by atoms with Crippen molar-refractivity contribution in [3.63, 3.8) is 0 Å². The topological polar surface area (TPSA) is 156 Å². The number of primary amides is 1. The van der Waals surface area contributed by atoms with Crippen LogP contribution in [0.3, 0.4) is 0 Å². The number of hydrogen-bond donors (Lipinski definition) is 3. The molecule has 5 N–H and O–H groups in total. The molecular weight excluding hydrogens is 398 g/mol. The van der Waals surface area contributed by atoms with E-state index in [-0.39, 0.29) is 31.6 Å². The van der Waals surface area contributed by atoms with Crippen LogP contribution >= 0.6 is 0 Å². The third-order valence-corrected chi connectivity index (χ3v) is 7.11. The van der Waals surface area contributed by atoms with Crippen molar-refractivity contribution in [3.05, 3.63) is 22.8 Å². The summed E-state index contributed by atoms with van der Waals surface area (Å²) in [7, 11) is -3.95. The molecule has 10 nitrogen and oxygen atoms in total. The number of hydrogen-bond acceptors (Lipinski definition) is 6. The number of sulfonamides is 1. The zero-order valence-electron chi connectivity index (χ0n) is 17.2. The monoisotopic (exact) mass is 427 g/mol. The fourth-order valence-corrected chi connectivity index (χ4v) is 4.54. The lowest BCUT2D eigenvalue weighted by Gasteiger charge is -2.36. The summed E-state index contributed by atoms with van der Waals surface area (Å²) in [6.45, 7) is 6.83. The van der Waals surface area contributed by atoms with Gasteiger partial charge in [0.2, 0.25) is 15.9 Å². The van der Waals surface area contributed by atoms with Crippen molar-refractivity contribution >= 4 is 27.9 Å². The highest BCUT2D eigenvalue weighted by Crippen LogP contribution is 2.29. The van der Waals surface area contributed by atoms with Crippen molar-refractivity contribution < 1.29 is 22.8 Å². The first-order valence-electron chi connectivity index (χ1n) is 9.38. The number of imide groups is 1. The smallest absolute Gasteiger partial charge is 0.329 e. The number of piperidine rings is 1. The zero-order chi connectivity index (χ0) is 22.2. The number of carbonyl (C=O) groups is 3. The van der Waals surface area contributed by atoms with Crippen molar-refractivity contribution in [1.82, 2.24) is 14.5 Å². The minimum atomic E-state index is -3.95. The number of rotatable bonds is 6. The Kier molecular flexibility index (Phi) is 6.26. The fourth-order valence-electron chi connectivity index (χ4n) is 3.22. The molecule has 0 atom stereocenters. The minimum absolute atomic E-state index is 0.0244. The Labute approximate surface area is 171 Å². The van der Waals surface area contributed by atoms with E-state index in [0.717, 1.165) is 15.9 Å². The Morgan fingerprint density at radius 2 is 1.79 bits per heavy atom. The number of carbonyl (C=O) groups excluding carboxylic acids is 3. The Balaban J connectivity index is 2.42. The lowest BCUT2D eigenvalue weighted by molar-refractivity contribution is -0.125. The van der Waals surface area contributed by atoms with Crippen molar-refractivity contribution in [2.45, 2.75) is 58.0 Å². The summed E-state index contributed by atoms with van der Waals surface area (Å²) >= 11 is 0. The third kappa shape index (κ3) is 4.51. The average Bonchev–Trinajstić information content (AvgIpc) is 2.81. The third-order valence-electron chi connectivity index (χ3n) is 5.48. The Hall–Kier alpha value is -2.24. The number of allylic oxidation sites excluding steroid dienone is 2. The first-order chi connectivity index (χ1) is 13.2. The summed E-state index contributed by atoms with van der Waals surface area (Å²) in [5.41, 5.74) is 9.70. The highest BCUT2D eigenvalue weighted by molar-refractivity contribution is 7.92. The van der Waals surface area contributed by atoms with E-state index in [1.165, 1.54) is 4.31 Å². The molecule has 0 aromatic heterocycles. The van der Waals surface area contributed by atoms with E-state index in [4.69, 9.17) is 11.5 Å². The van der Waals surface area contributed by atoms with Gasteiger partial charge in [-0.05, 0) is 46.1 Å². The van der Waals surface area contributed by atoms with Crippen LogP contribution in [0.5, 0.6) is 0 Å². The molecule has 0 spiro atoms. The van der Waals surface area contributed by atoms with E-state index < -0.39 is 38.9 Å². The largest absolute Gasteiger partial charge is 0.368 e. The van der Waals surface area contributed by atoms with Gasteiger partial charge in [-0.15, -0.1) is 0 Å². The lowest BCUT2D eigenvalue weighted by Crippen LogP contribution is -2.58. The SMILES string of the molecule is CC/C(C)=C\C(=C/S(=O)(=O)N1CCC(N)(C(N)=O)CC1)N1C(=O)NC(=O)C1(C)C. The number of nitrogens with one attached hydrogen (secondary N) is 1. The van der Waals surface area contributed by atoms with E-state index in [1.807, 2.05) is 6.92 Å². The van der Waals surface area contributed by atoms with Crippen molar-refractivity contribution in [1.29, 1.82) is 0 Å². The second-order valence-electron chi connectivity index (χ2n) is 8.01. The Morgan fingerprint density at radius 1 is 1.24 bits per heavy atom. The number of urea groups is 1. The summed E-state index contributed by atoms with van der Waals surface area (Å²) in [4.78, 5) is 37.2. The van der Waals surface area contributed by atoms with Gasteiger partial charge in [0.15, 0.2) is 0 Å². The molecular formula is C18H29N5O5S. The summed E-state index contributed by atoms with van der Waals surface area (Å²) in [5.74, 6) is -1.18. The van der Waals surface area contributed by atoms with Crippen molar-refractivity contribution in [2.75, 3.05) is 13.1 Å². The van der Waals surface area contributed by atoms with E-state index in [1.54, 1.807) is 26.8 Å².